The number of ether oxygens (including phenoxy) is 1. The van der Waals surface area contributed by atoms with Gasteiger partial charge in [0.15, 0.2) is 0 Å². The summed E-state index contributed by atoms with van der Waals surface area (Å²) < 4.78 is 5.96. The minimum Gasteiger partial charge on any atom is -0.372 e. The van der Waals surface area contributed by atoms with E-state index in [4.69, 9.17) is 4.74 Å². The minimum atomic E-state index is 0.428. The zero-order valence-corrected chi connectivity index (χ0v) is 11.2. The maximum absolute atomic E-state index is 5.96. The van der Waals surface area contributed by atoms with Gasteiger partial charge < -0.3 is 19.9 Å². The largest absolute Gasteiger partial charge is 0.372 e. The van der Waals surface area contributed by atoms with Crippen LogP contribution in [0.15, 0.2) is 0 Å². The summed E-state index contributed by atoms with van der Waals surface area (Å²) in [6.07, 6.45) is 3.27. The van der Waals surface area contributed by atoms with Crippen LogP contribution >= 0.6 is 0 Å². The number of rotatable bonds is 7. The molecule has 0 bridgehead atoms. The summed E-state index contributed by atoms with van der Waals surface area (Å²) in [4.78, 5) is 4.59. The van der Waals surface area contributed by atoms with E-state index in [1.165, 1.54) is 12.8 Å². The second-order valence-corrected chi connectivity index (χ2v) is 5.08. The molecule has 1 aliphatic heterocycles. The quantitative estimate of drug-likeness (QED) is 0.677. The molecule has 0 aromatic heterocycles. The minimum absolute atomic E-state index is 0.428. The van der Waals surface area contributed by atoms with E-state index in [0.717, 1.165) is 26.2 Å². The van der Waals surface area contributed by atoms with Crippen LogP contribution in [-0.2, 0) is 4.74 Å². The Kier molecular flexibility index (Phi) is 6.28. The van der Waals surface area contributed by atoms with Crippen molar-refractivity contribution >= 4 is 0 Å². The van der Waals surface area contributed by atoms with Gasteiger partial charge in [-0.15, -0.1) is 0 Å². The van der Waals surface area contributed by atoms with E-state index in [2.05, 4.69) is 36.3 Å². The number of hydrogen-bond donors (Lipinski definition) is 1. The van der Waals surface area contributed by atoms with Crippen molar-refractivity contribution in [2.24, 2.45) is 0 Å². The Morgan fingerprint density at radius 1 is 1.12 bits per heavy atom. The summed E-state index contributed by atoms with van der Waals surface area (Å²) in [6.45, 7) is 4.28. The average molecular weight is 229 g/mol. The zero-order chi connectivity index (χ0) is 12.0. The Hall–Kier alpha value is -0.160. The molecule has 0 saturated carbocycles. The average Bonchev–Trinajstić information content (AvgIpc) is 2.63. The zero-order valence-electron chi connectivity index (χ0n) is 11.2. The normalized spacial score (nSPS) is 25.9. The van der Waals surface area contributed by atoms with Gasteiger partial charge in [-0.05, 0) is 41.0 Å². The first kappa shape index (κ1) is 13.9. The third-order valence-corrected chi connectivity index (χ3v) is 3.07. The van der Waals surface area contributed by atoms with Crippen LogP contribution in [0, 0.1) is 0 Å². The lowest BCUT2D eigenvalue weighted by atomic mass is 10.2. The van der Waals surface area contributed by atoms with Crippen molar-refractivity contribution < 1.29 is 4.74 Å². The molecule has 0 aromatic carbocycles. The van der Waals surface area contributed by atoms with E-state index in [1.807, 2.05) is 7.05 Å². The fourth-order valence-electron chi connectivity index (χ4n) is 2.10. The van der Waals surface area contributed by atoms with Crippen LogP contribution in [0.4, 0.5) is 0 Å². The van der Waals surface area contributed by atoms with Gasteiger partial charge in [0.25, 0.3) is 0 Å². The van der Waals surface area contributed by atoms with Crippen LogP contribution in [0.25, 0.3) is 0 Å². The Morgan fingerprint density at radius 2 is 1.81 bits per heavy atom. The molecule has 1 heterocycles. The van der Waals surface area contributed by atoms with Crippen LogP contribution in [0.1, 0.15) is 12.8 Å². The fraction of sp³-hybridized carbons (Fsp3) is 1.00. The van der Waals surface area contributed by atoms with Crippen LogP contribution in [-0.4, -0.2) is 76.4 Å². The third-order valence-electron chi connectivity index (χ3n) is 3.07. The van der Waals surface area contributed by atoms with Gasteiger partial charge in [0, 0.05) is 26.2 Å². The van der Waals surface area contributed by atoms with Gasteiger partial charge in [-0.25, -0.2) is 0 Å². The first-order chi connectivity index (χ1) is 7.61. The molecule has 0 amide bonds. The SMILES string of the molecule is CNCC1CCC(CN(C)CCN(C)C)O1. The van der Waals surface area contributed by atoms with E-state index >= 15 is 0 Å². The Balaban J connectivity index is 2.13. The summed E-state index contributed by atoms with van der Waals surface area (Å²) >= 11 is 0. The van der Waals surface area contributed by atoms with Crippen LogP contribution in [0.5, 0.6) is 0 Å². The molecule has 1 saturated heterocycles. The van der Waals surface area contributed by atoms with Crippen molar-refractivity contribution in [3.63, 3.8) is 0 Å². The number of hydrogen-bond acceptors (Lipinski definition) is 4. The van der Waals surface area contributed by atoms with Gasteiger partial charge >= 0.3 is 0 Å². The highest BCUT2D eigenvalue weighted by Gasteiger charge is 2.25. The maximum Gasteiger partial charge on any atom is 0.0707 e. The number of nitrogens with zero attached hydrogens (tertiary/aromatic N) is 2. The molecule has 2 unspecified atom stereocenters. The molecular formula is C12H27N3O. The van der Waals surface area contributed by atoms with Crippen LogP contribution in [0.2, 0.25) is 0 Å². The smallest absolute Gasteiger partial charge is 0.0707 e. The highest BCUT2D eigenvalue weighted by Crippen LogP contribution is 2.19. The molecule has 1 N–H and O–H groups in total. The number of likely N-dealkylation sites (N-methyl/N-ethyl adjacent to an activating group) is 3. The van der Waals surface area contributed by atoms with Crippen molar-refractivity contribution in [2.45, 2.75) is 25.0 Å². The highest BCUT2D eigenvalue weighted by molar-refractivity contribution is 4.77. The molecule has 4 heteroatoms. The Morgan fingerprint density at radius 3 is 2.44 bits per heavy atom. The molecule has 16 heavy (non-hydrogen) atoms. The van der Waals surface area contributed by atoms with Crippen molar-refractivity contribution in [1.82, 2.24) is 15.1 Å². The van der Waals surface area contributed by atoms with Gasteiger partial charge in [0.2, 0.25) is 0 Å². The molecule has 96 valence electrons. The summed E-state index contributed by atoms with van der Waals surface area (Å²) in [5.74, 6) is 0. The molecule has 1 fully saturated rings. The molecule has 1 rings (SSSR count). The number of nitrogens with one attached hydrogen (secondary N) is 1. The monoisotopic (exact) mass is 229 g/mol. The predicted octanol–water partition coefficient (Wildman–Crippen LogP) is 0.247. The second-order valence-electron chi connectivity index (χ2n) is 5.08. The lowest BCUT2D eigenvalue weighted by Crippen LogP contribution is -2.35. The first-order valence-electron chi connectivity index (χ1n) is 6.25. The summed E-state index contributed by atoms with van der Waals surface area (Å²) in [5, 5.41) is 3.18. The lowest BCUT2D eigenvalue weighted by Gasteiger charge is -2.22. The molecular weight excluding hydrogens is 202 g/mol. The lowest BCUT2D eigenvalue weighted by molar-refractivity contribution is 0.0280. The maximum atomic E-state index is 5.96. The highest BCUT2D eigenvalue weighted by atomic mass is 16.5. The Labute approximate surface area is 99.9 Å². The molecule has 0 spiro atoms. The molecule has 4 nitrogen and oxygen atoms in total. The van der Waals surface area contributed by atoms with Gasteiger partial charge in [-0.1, -0.05) is 0 Å². The van der Waals surface area contributed by atoms with Crippen LogP contribution < -0.4 is 5.32 Å². The molecule has 1 aliphatic rings. The van der Waals surface area contributed by atoms with E-state index < -0.39 is 0 Å². The fourth-order valence-corrected chi connectivity index (χ4v) is 2.10. The standard InChI is InChI=1S/C12H27N3O/c1-13-9-11-5-6-12(16-11)10-15(4)8-7-14(2)3/h11-13H,5-10H2,1-4H3. The molecule has 2 atom stereocenters. The molecule has 0 radical (unpaired) electrons. The van der Waals surface area contributed by atoms with Crippen LogP contribution in [0.3, 0.4) is 0 Å². The molecule has 0 aliphatic carbocycles. The van der Waals surface area contributed by atoms with E-state index in [0.29, 0.717) is 12.2 Å². The van der Waals surface area contributed by atoms with E-state index in [1.54, 1.807) is 0 Å². The van der Waals surface area contributed by atoms with E-state index in [9.17, 15) is 0 Å². The van der Waals surface area contributed by atoms with Gasteiger partial charge in [0.05, 0.1) is 12.2 Å². The van der Waals surface area contributed by atoms with Gasteiger partial charge in [-0.2, -0.15) is 0 Å². The Bertz CT molecular complexity index is 187. The molecule has 0 aromatic rings. The summed E-state index contributed by atoms with van der Waals surface area (Å²) in [6, 6.07) is 0. The van der Waals surface area contributed by atoms with Crippen molar-refractivity contribution in [3.8, 4) is 0 Å². The van der Waals surface area contributed by atoms with Gasteiger partial charge in [0.1, 0.15) is 0 Å². The van der Waals surface area contributed by atoms with Crippen molar-refractivity contribution in [3.05, 3.63) is 0 Å². The predicted molar refractivity (Wildman–Crippen MR) is 67.9 cm³/mol. The topological polar surface area (TPSA) is 27.7 Å². The van der Waals surface area contributed by atoms with E-state index in [-0.39, 0.29) is 0 Å². The van der Waals surface area contributed by atoms with Gasteiger partial charge in [-0.3, -0.25) is 0 Å². The summed E-state index contributed by atoms with van der Waals surface area (Å²) in [7, 11) is 8.39. The van der Waals surface area contributed by atoms with Crippen molar-refractivity contribution in [1.29, 1.82) is 0 Å². The second kappa shape index (κ2) is 7.22. The summed E-state index contributed by atoms with van der Waals surface area (Å²) in [5.41, 5.74) is 0. The van der Waals surface area contributed by atoms with Crippen molar-refractivity contribution in [2.75, 3.05) is 54.4 Å². The first-order valence-corrected chi connectivity index (χ1v) is 6.25. The third kappa shape index (κ3) is 5.25.